The largest absolute Gasteiger partial charge is 0.478 e. The lowest BCUT2D eigenvalue weighted by Crippen LogP contribution is -2.38. The molecule has 4 nitrogen and oxygen atoms in total. The van der Waals surface area contributed by atoms with Gasteiger partial charge in [0.1, 0.15) is 10.8 Å². The highest BCUT2D eigenvalue weighted by atomic mass is 35.5. The highest BCUT2D eigenvalue weighted by molar-refractivity contribution is 7.12. The quantitative estimate of drug-likeness (QED) is 0.302. The number of benzene rings is 2. The van der Waals surface area contributed by atoms with Gasteiger partial charge in [-0.2, -0.15) is 13.2 Å². The van der Waals surface area contributed by atoms with Crippen molar-refractivity contribution >= 4 is 46.3 Å². The molecule has 180 valence electrons. The van der Waals surface area contributed by atoms with Crippen molar-refractivity contribution in [1.82, 2.24) is 0 Å². The minimum atomic E-state index is -4.41. The molecular formula is C24H19Cl2F3O4S. The number of ether oxygens (including phenoxy) is 1. The van der Waals surface area contributed by atoms with Gasteiger partial charge in [-0.15, -0.1) is 11.3 Å². The third-order valence-corrected chi connectivity index (χ3v) is 6.92. The molecule has 3 aromatic rings. The summed E-state index contributed by atoms with van der Waals surface area (Å²) in [6.07, 6.45) is -3.99. The van der Waals surface area contributed by atoms with Crippen LogP contribution in [0.25, 0.3) is 11.1 Å². The van der Waals surface area contributed by atoms with Crippen LogP contribution in [0.3, 0.4) is 0 Å². The van der Waals surface area contributed by atoms with Crippen LogP contribution in [0.15, 0.2) is 47.8 Å². The van der Waals surface area contributed by atoms with Gasteiger partial charge in [-0.05, 0) is 66.6 Å². The van der Waals surface area contributed by atoms with E-state index in [1.54, 1.807) is 17.5 Å². The molecule has 0 aliphatic carbocycles. The first-order valence-electron chi connectivity index (χ1n) is 9.98. The molecule has 1 heterocycles. The van der Waals surface area contributed by atoms with Crippen molar-refractivity contribution in [2.24, 2.45) is 0 Å². The van der Waals surface area contributed by atoms with Crippen molar-refractivity contribution in [1.29, 1.82) is 0 Å². The summed E-state index contributed by atoms with van der Waals surface area (Å²) < 4.78 is 43.7. The van der Waals surface area contributed by atoms with E-state index in [-0.39, 0.29) is 34.4 Å². The van der Waals surface area contributed by atoms with Gasteiger partial charge in [0, 0.05) is 6.42 Å². The Labute approximate surface area is 207 Å². The van der Waals surface area contributed by atoms with Gasteiger partial charge in [0.25, 0.3) is 0 Å². The van der Waals surface area contributed by atoms with Gasteiger partial charge >= 0.3 is 12.1 Å². The van der Waals surface area contributed by atoms with Crippen LogP contribution in [-0.4, -0.2) is 22.5 Å². The topological polar surface area (TPSA) is 63.6 Å². The van der Waals surface area contributed by atoms with Gasteiger partial charge < -0.3 is 9.84 Å². The molecule has 3 rings (SSSR count). The van der Waals surface area contributed by atoms with Crippen LogP contribution in [0, 0.1) is 0 Å². The first-order chi connectivity index (χ1) is 15.8. The molecule has 0 spiro atoms. The Morgan fingerprint density at radius 1 is 1.00 bits per heavy atom. The highest BCUT2D eigenvalue weighted by Crippen LogP contribution is 2.37. The Hall–Kier alpha value is -2.55. The highest BCUT2D eigenvalue weighted by Gasteiger charge is 2.31. The van der Waals surface area contributed by atoms with Crippen LogP contribution < -0.4 is 4.74 Å². The number of hydrogen-bond acceptors (Lipinski definition) is 4. The summed E-state index contributed by atoms with van der Waals surface area (Å²) in [5.74, 6) is -1.20. The molecule has 1 aromatic heterocycles. The average molecular weight is 531 g/mol. The number of alkyl halides is 3. The molecule has 0 atom stereocenters. The number of carboxylic acids is 1. The summed E-state index contributed by atoms with van der Waals surface area (Å²) in [5, 5.41) is 11.2. The number of aliphatic carboxylic acids is 1. The van der Waals surface area contributed by atoms with Crippen molar-refractivity contribution in [3.63, 3.8) is 0 Å². The van der Waals surface area contributed by atoms with Gasteiger partial charge in [0.05, 0.1) is 15.5 Å². The monoisotopic (exact) mass is 530 g/mol. The summed E-state index contributed by atoms with van der Waals surface area (Å²) in [7, 11) is 0. The van der Waals surface area contributed by atoms with E-state index in [0.717, 1.165) is 12.1 Å². The Bertz CT molecular complexity index is 1220. The zero-order chi connectivity index (χ0) is 25.3. The number of Topliss-reactive ketones (excluding diaryl/α,β-unsaturated/α-hetero) is 1. The lowest BCUT2D eigenvalue weighted by Gasteiger charge is -2.23. The summed E-state index contributed by atoms with van der Waals surface area (Å²) in [6.45, 7) is 2.76. The molecule has 0 saturated carbocycles. The summed E-state index contributed by atoms with van der Waals surface area (Å²) in [4.78, 5) is 24.4. The third-order valence-electron chi connectivity index (χ3n) is 5.05. The first kappa shape index (κ1) is 26.1. The van der Waals surface area contributed by atoms with Crippen molar-refractivity contribution in [2.75, 3.05) is 0 Å². The van der Waals surface area contributed by atoms with E-state index >= 15 is 0 Å². The van der Waals surface area contributed by atoms with Crippen molar-refractivity contribution in [2.45, 2.75) is 38.5 Å². The van der Waals surface area contributed by atoms with E-state index in [1.807, 2.05) is 0 Å². The van der Waals surface area contributed by atoms with Crippen LogP contribution in [0.4, 0.5) is 13.2 Å². The van der Waals surface area contributed by atoms with Crippen molar-refractivity contribution in [3.05, 3.63) is 73.9 Å². The number of halogens is 5. The maximum Gasteiger partial charge on any atom is 0.416 e. The standard InChI is InChI=1S/C24H19Cl2F3O4S/c1-23(2,22(31)32)33-18-10-6-14(20(25)21(18)26)5-9-17(30)19-11-15(12-34-19)13-3-7-16(8-4-13)24(27,28)29/h3-4,6-8,10-12H,5,9H2,1-2H3,(H,31,32). The van der Waals surface area contributed by atoms with Crippen LogP contribution in [-0.2, 0) is 17.4 Å². The maximum atomic E-state index is 12.7. The Balaban J connectivity index is 1.68. The molecule has 1 N–H and O–H groups in total. The van der Waals surface area contributed by atoms with Gasteiger partial charge in [-0.1, -0.05) is 41.4 Å². The zero-order valence-electron chi connectivity index (χ0n) is 18.0. The molecule has 0 fully saturated rings. The molecular weight excluding hydrogens is 512 g/mol. The second kappa shape index (κ2) is 9.98. The third kappa shape index (κ3) is 5.92. The average Bonchev–Trinajstić information content (AvgIpc) is 3.26. The van der Waals surface area contributed by atoms with E-state index in [1.165, 1.54) is 43.4 Å². The number of thiophene rings is 1. The maximum absolute atomic E-state index is 12.7. The lowest BCUT2D eigenvalue weighted by molar-refractivity contribution is -0.152. The smallest absolute Gasteiger partial charge is 0.416 e. The van der Waals surface area contributed by atoms with Crippen LogP contribution >= 0.6 is 34.5 Å². The van der Waals surface area contributed by atoms with Crippen molar-refractivity contribution in [3.8, 4) is 16.9 Å². The van der Waals surface area contributed by atoms with E-state index in [0.29, 0.717) is 21.6 Å². The number of rotatable bonds is 8. The number of carbonyl (C=O) groups excluding carboxylic acids is 1. The molecule has 2 aromatic carbocycles. The second-order valence-electron chi connectivity index (χ2n) is 7.97. The zero-order valence-corrected chi connectivity index (χ0v) is 20.3. The Morgan fingerprint density at radius 2 is 1.65 bits per heavy atom. The fourth-order valence-electron chi connectivity index (χ4n) is 3.02. The van der Waals surface area contributed by atoms with E-state index in [9.17, 15) is 27.9 Å². The van der Waals surface area contributed by atoms with Gasteiger partial charge in [0.2, 0.25) is 0 Å². The van der Waals surface area contributed by atoms with Crippen LogP contribution in [0.1, 0.15) is 41.1 Å². The molecule has 0 saturated heterocycles. The first-order valence-corrected chi connectivity index (χ1v) is 11.6. The molecule has 10 heteroatoms. The molecule has 0 unspecified atom stereocenters. The van der Waals surface area contributed by atoms with Gasteiger partial charge in [-0.25, -0.2) is 4.79 Å². The molecule has 0 bridgehead atoms. The van der Waals surface area contributed by atoms with Gasteiger partial charge in [-0.3, -0.25) is 4.79 Å². The Morgan fingerprint density at radius 3 is 2.24 bits per heavy atom. The molecule has 0 aliphatic rings. The number of carboxylic acid groups (broad SMARTS) is 1. The van der Waals surface area contributed by atoms with E-state index in [2.05, 4.69) is 0 Å². The van der Waals surface area contributed by atoms with E-state index < -0.39 is 23.3 Å². The molecule has 34 heavy (non-hydrogen) atoms. The number of hydrogen-bond donors (Lipinski definition) is 1. The minimum Gasteiger partial charge on any atom is -0.478 e. The Kier molecular flexibility index (Phi) is 7.65. The molecule has 0 aliphatic heterocycles. The number of carbonyl (C=O) groups is 2. The van der Waals surface area contributed by atoms with Crippen LogP contribution in [0.2, 0.25) is 10.0 Å². The summed E-state index contributed by atoms with van der Waals surface area (Å²) in [5.41, 5.74) is -0.404. The van der Waals surface area contributed by atoms with Crippen molar-refractivity contribution < 1.29 is 32.6 Å². The van der Waals surface area contributed by atoms with Gasteiger partial charge in [0.15, 0.2) is 11.4 Å². The predicted octanol–water partition coefficient (Wildman–Crippen LogP) is 7.80. The molecule has 0 amide bonds. The molecule has 0 radical (unpaired) electrons. The SMILES string of the molecule is CC(C)(Oc1ccc(CCC(=O)c2cc(-c3ccc(C(F)(F)F)cc3)cs2)c(Cl)c1Cl)C(=O)O. The minimum absolute atomic E-state index is 0.0571. The normalized spacial score (nSPS) is 12.0. The summed E-state index contributed by atoms with van der Waals surface area (Å²) in [6, 6.07) is 9.53. The fraction of sp³-hybridized carbons (Fsp3) is 0.250. The number of ketones is 1. The van der Waals surface area contributed by atoms with E-state index in [4.69, 9.17) is 27.9 Å². The predicted molar refractivity (Wildman–Crippen MR) is 126 cm³/mol. The van der Waals surface area contributed by atoms with Crippen LogP contribution in [0.5, 0.6) is 5.75 Å². The number of aryl methyl sites for hydroxylation is 1. The second-order valence-corrected chi connectivity index (χ2v) is 9.63. The summed E-state index contributed by atoms with van der Waals surface area (Å²) >= 11 is 13.8. The lowest BCUT2D eigenvalue weighted by atomic mass is 10.0. The fourth-order valence-corrected chi connectivity index (χ4v) is 4.38.